The van der Waals surface area contributed by atoms with E-state index in [0.29, 0.717) is 5.56 Å². The van der Waals surface area contributed by atoms with Gasteiger partial charge in [-0.1, -0.05) is 11.6 Å². The molecule has 0 aliphatic carbocycles. The Morgan fingerprint density at radius 2 is 2.18 bits per heavy atom. The number of rotatable bonds is 1. The molecule has 2 N–H and O–H groups in total. The van der Waals surface area contributed by atoms with Crippen LogP contribution < -0.4 is 5.56 Å². The Bertz CT molecular complexity index is 645. The quantitative estimate of drug-likeness (QED) is 0.849. The molecule has 0 saturated carbocycles. The standard InChI is InChI=1S/C10H5BrClFN2O2/c11-7-9(16)14-8(15-10(7)17)5-2-1-4(13)3-6(5)12/h1-3H,(H2,14,15,16,17). The van der Waals surface area contributed by atoms with E-state index in [9.17, 15) is 14.3 Å². The average Bonchev–Trinajstić information content (AvgIpc) is 2.25. The highest BCUT2D eigenvalue weighted by atomic mass is 79.9. The Morgan fingerprint density at radius 3 is 2.76 bits per heavy atom. The van der Waals surface area contributed by atoms with Gasteiger partial charge in [-0.15, -0.1) is 0 Å². The monoisotopic (exact) mass is 318 g/mol. The first kappa shape index (κ1) is 12.1. The summed E-state index contributed by atoms with van der Waals surface area (Å²) in [7, 11) is 0. The molecule has 0 atom stereocenters. The fourth-order valence-electron chi connectivity index (χ4n) is 1.26. The molecule has 0 saturated heterocycles. The van der Waals surface area contributed by atoms with Crippen molar-refractivity contribution in [2.75, 3.05) is 0 Å². The number of aromatic nitrogens is 2. The van der Waals surface area contributed by atoms with Gasteiger partial charge in [-0.05, 0) is 34.1 Å². The number of hydrogen-bond donors (Lipinski definition) is 2. The Labute approximate surface area is 108 Å². The van der Waals surface area contributed by atoms with Crippen molar-refractivity contribution in [3.05, 3.63) is 43.9 Å². The molecule has 1 aromatic heterocycles. The summed E-state index contributed by atoms with van der Waals surface area (Å²) in [5, 5.41) is 9.49. The van der Waals surface area contributed by atoms with Crippen LogP contribution in [0.1, 0.15) is 0 Å². The normalized spacial score (nSPS) is 10.5. The molecule has 0 bridgehead atoms. The summed E-state index contributed by atoms with van der Waals surface area (Å²) >= 11 is 8.68. The maximum Gasteiger partial charge on any atom is 0.269 e. The first-order valence-electron chi connectivity index (χ1n) is 4.43. The van der Waals surface area contributed by atoms with Gasteiger partial charge in [-0.25, -0.2) is 4.39 Å². The van der Waals surface area contributed by atoms with E-state index in [0.717, 1.165) is 6.07 Å². The number of benzene rings is 1. The molecule has 0 spiro atoms. The summed E-state index contributed by atoms with van der Waals surface area (Å²) in [4.78, 5) is 17.5. The molecule has 7 heteroatoms. The van der Waals surface area contributed by atoms with Gasteiger partial charge in [0.25, 0.3) is 5.56 Å². The van der Waals surface area contributed by atoms with Crippen molar-refractivity contribution in [2.24, 2.45) is 0 Å². The molecule has 17 heavy (non-hydrogen) atoms. The van der Waals surface area contributed by atoms with Crippen molar-refractivity contribution in [3.8, 4) is 17.3 Å². The van der Waals surface area contributed by atoms with Gasteiger partial charge in [-0.3, -0.25) is 4.79 Å². The molecule has 2 rings (SSSR count). The van der Waals surface area contributed by atoms with Crippen LogP contribution in [-0.2, 0) is 0 Å². The minimum atomic E-state index is -0.548. The van der Waals surface area contributed by atoms with Crippen molar-refractivity contribution >= 4 is 27.5 Å². The Balaban J connectivity index is 2.65. The molecule has 2 aromatic rings. The number of hydrogen-bond acceptors (Lipinski definition) is 3. The average molecular weight is 320 g/mol. The summed E-state index contributed by atoms with van der Waals surface area (Å²) in [5.74, 6) is -0.882. The van der Waals surface area contributed by atoms with Crippen LogP contribution >= 0.6 is 27.5 Å². The van der Waals surface area contributed by atoms with Gasteiger partial charge in [0, 0.05) is 5.56 Å². The summed E-state index contributed by atoms with van der Waals surface area (Å²) < 4.78 is 12.8. The lowest BCUT2D eigenvalue weighted by molar-refractivity contribution is 0.448. The Hall–Kier alpha value is -1.40. The fourth-order valence-corrected chi connectivity index (χ4v) is 1.70. The second-order valence-corrected chi connectivity index (χ2v) is 4.38. The molecule has 4 nitrogen and oxygen atoms in total. The number of aromatic amines is 1. The lowest BCUT2D eigenvalue weighted by Gasteiger charge is -2.04. The zero-order valence-corrected chi connectivity index (χ0v) is 10.5. The highest BCUT2D eigenvalue weighted by Crippen LogP contribution is 2.27. The first-order chi connectivity index (χ1) is 7.99. The van der Waals surface area contributed by atoms with Gasteiger partial charge in [0.05, 0.1) is 5.02 Å². The summed E-state index contributed by atoms with van der Waals surface area (Å²) in [5.41, 5.74) is -0.221. The second kappa shape index (κ2) is 4.46. The summed E-state index contributed by atoms with van der Waals surface area (Å²) in [6, 6.07) is 3.64. The molecule has 0 amide bonds. The van der Waals surface area contributed by atoms with Crippen molar-refractivity contribution in [3.63, 3.8) is 0 Å². The van der Waals surface area contributed by atoms with Crippen LogP contribution in [0, 0.1) is 5.82 Å². The van der Waals surface area contributed by atoms with E-state index in [1.165, 1.54) is 12.1 Å². The van der Waals surface area contributed by atoms with E-state index in [1.807, 2.05) is 0 Å². The van der Waals surface area contributed by atoms with Gasteiger partial charge in [-0.2, -0.15) is 4.98 Å². The van der Waals surface area contributed by atoms with Gasteiger partial charge in [0.15, 0.2) is 0 Å². The van der Waals surface area contributed by atoms with Crippen molar-refractivity contribution in [2.45, 2.75) is 0 Å². The number of nitrogens with zero attached hydrogens (tertiary/aromatic N) is 1. The van der Waals surface area contributed by atoms with Crippen LogP contribution in [0.2, 0.25) is 5.02 Å². The van der Waals surface area contributed by atoms with Crippen molar-refractivity contribution in [1.29, 1.82) is 0 Å². The molecule has 0 unspecified atom stereocenters. The van der Waals surface area contributed by atoms with Gasteiger partial charge >= 0.3 is 0 Å². The van der Waals surface area contributed by atoms with Crippen LogP contribution in [0.4, 0.5) is 4.39 Å². The van der Waals surface area contributed by atoms with Gasteiger partial charge < -0.3 is 10.1 Å². The zero-order chi connectivity index (χ0) is 12.6. The van der Waals surface area contributed by atoms with Crippen LogP contribution in [0.25, 0.3) is 11.4 Å². The minimum Gasteiger partial charge on any atom is -0.492 e. The second-order valence-electron chi connectivity index (χ2n) is 3.18. The van der Waals surface area contributed by atoms with E-state index < -0.39 is 17.3 Å². The Kier molecular flexibility index (Phi) is 3.17. The Morgan fingerprint density at radius 1 is 1.47 bits per heavy atom. The number of nitrogens with one attached hydrogen (secondary N) is 1. The molecule has 0 fully saturated rings. The molecule has 1 heterocycles. The minimum absolute atomic E-state index is 0.0699. The highest BCUT2D eigenvalue weighted by Gasteiger charge is 2.12. The SMILES string of the molecule is O=c1[nH]c(-c2ccc(F)cc2Cl)nc(O)c1Br. The number of aromatic hydroxyl groups is 1. The van der Waals surface area contributed by atoms with E-state index in [-0.39, 0.29) is 15.3 Å². The summed E-state index contributed by atoms with van der Waals surface area (Å²) in [6.45, 7) is 0. The van der Waals surface area contributed by atoms with E-state index >= 15 is 0 Å². The fraction of sp³-hybridized carbons (Fsp3) is 0. The van der Waals surface area contributed by atoms with Crippen molar-refractivity contribution < 1.29 is 9.50 Å². The van der Waals surface area contributed by atoms with Gasteiger partial charge in [0.2, 0.25) is 5.88 Å². The lowest BCUT2D eigenvalue weighted by atomic mass is 10.2. The predicted molar refractivity (Wildman–Crippen MR) is 64.6 cm³/mol. The molecular formula is C10H5BrClFN2O2. The van der Waals surface area contributed by atoms with Crippen LogP contribution in [0.5, 0.6) is 5.88 Å². The molecular weight excluding hydrogens is 314 g/mol. The lowest BCUT2D eigenvalue weighted by Crippen LogP contribution is -2.09. The van der Waals surface area contributed by atoms with Gasteiger partial charge in [0.1, 0.15) is 16.1 Å². The zero-order valence-electron chi connectivity index (χ0n) is 8.17. The molecule has 88 valence electrons. The topological polar surface area (TPSA) is 66.0 Å². The largest absolute Gasteiger partial charge is 0.492 e. The molecule has 1 aromatic carbocycles. The third-order valence-electron chi connectivity index (χ3n) is 2.03. The van der Waals surface area contributed by atoms with E-state index in [2.05, 4.69) is 25.9 Å². The van der Waals surface area contributed by atoms with E-state index in [1.54, 1.807) is 0 Å². The molecule has 0 aliphatic rings. The van der Waals surface area contributed by atoms with E-state index in [4.69, 9.17) is 11.6 Å². The third-order valence-corrected chi connectivity index (χ3v) is 3.06. The first-order valence-corrected chi connectivity index (χ1v) is 5.60. The third kappa shape index (κ3) is 2.32. The van der Waals surface area contributed by atoms with Crippen LogP contribution in [-0.4, -0.2) is 15.1 Å². The predicted octanol–water partition coefficient (Wildman–Crippen LogP) is 2.70. The summed E-state index contributed by atoms with van der Waals surface area (Å²) in [6.07, 6.45) is 0. The smallest absolute Gasteiger partial charge is 0.269 e. The highest BCUT2D eigenvalue weighted by molar-refractivity contribution is 9.10. The number of halogens is 3. The maximum atomic E-state index is 12.9. The van der Waals surface area contributed by atoms with Crippen LogP contribution in [0.15, 0.2) is 27.5 Å². The molecule has 0 radical (unpaired) electrons. The van der Waals surface area contributed by atoms with Crippen LogP contribution in [0.3, 0.4) is 0 Å². The van der Waals surface area contributed by atoms with Crippen molar-refractivity contribution in [1.82, 2.24) is 9.97 Å². The number of H-pyrrole nitrogens is 1. The molecule has 0 aliphatic heterocycles. The maximum absolute atomic E-state index is 12.9.